The summed E-state index contributed by atoms with van der Waals surface area (Å²) in [6.45, 7) is 18.8. The number of nitrogens with zero attached hydrogens (tertiary/aromatic N) is 1. The first-order chi connectivity index (χ1) is 9.76. The van der Waals surface area contributed by atoms with Gasteiger partial charge in [0.25, 0.3) is 0 Å². The van der Waals surface area contributed by atoms with E-state index in [2.05, 4.69) is 51.8 Å². The molecule has 0 aromatic carbocycles. The normalized spacial score (nSPS) is 20.0. The molecule has 0 saturated heterocycles. The van der Waals surface area contributed by atoms with Gasteiger partial charge in [-0.05, 0) is 51.5 Å². The Balaban J connectivity index is 2.74. The van der Waals surface area contributed by atoms with E-state index in [4.69, 9.17) is 0 Å². The maximum absolute atomic E-state index is 3.82. The molecule has 1 aliphatic carbocycles. The molecule has 2 heteroatoms. The van der Waals surface area contributed by atoms with E-state index in [9.17, 15) is 0 Å². The molecule has 0 aromatic heterocycles. The standard InChI is InChI=1S/C19H40N2/c1-7-21(14-17(2)3)16-19(15-20-18(4,5)6)12-10-8-9-11-13-19/h17,20H,7-16H2,1-6H3. The zero-order chi connectivity index (χ0) is 15.9. The molecule has 0 aromatic rings. The Kier molecular flexibility index (Phi) is 7.70. The lowest BCUT2D eigenvalue weighted by molar-refractivity contribution is 0.113. The van der Waals surface area contributed by atoms with Gasteiger partial charge < -0.3 is 10.2 Å². The van der Waals surface area contributed by atoms with Gasteiger partial charge in [0.05, 0.1) is 0 Å². The number of rotatable bonds is 7. The van der Waals surface area contributed by atoms with Crippen molar-refractivity contribution in [1.82, 2.24) is 10.2 Å². The minimum absolute atomic E-state index is 0.231. The average molecular weight is 297 g/mol. The monoisotopic (exact) mass is 296 g/mol. The van der Waals surface area contributed by atoms with E-state index in [1.807, 2.05) is 0 Å². The second kappa shape index (κ2) is 8.53. The summed E-state index contributed by atoms with van der Waals surface area (Å²) in [4.78, 5) is 2.69. The van der Waals surface area contributed by atoms with Crippen LogP contribution in [0.3, 0.4) is 0 Å². The Morgan fingerprint density at radius 2 is 1.62 bits per heavy atom. The largest absolute Gasteiger partial charge is 0.311 e. The molecule has 21 heavy (non-hydrogen) atoms. The van der Waals surface area contributed by atoms with Gasteiger partial charge in [-0.3, -0.25) is 0 Å². The van der Waals surface area contributed by atoms with Crippen molar-refractivity contribution in [2.45, 2.75) is 85.6 Å². The van der Waals surface area contributed by atoms with Crippen LogP contribution in [0.2, 0.25) is 0 Å². The van der Waals surface area contributed by atoms with Crippen molar-refractivity contribution in [2.75, 3.05) is 26.2 Å². The Labute approximate surface area is 134 Å². The Hall–Kier alpha value is -0.0800. The van der Waals surface area contributed by atoms with Crippen molar-refractivity contribution < 1.29 is 0 Å². The van der Waals surface area contributed by atoms with Crippen LogP contribution in [0, 0.1) is 11.3 Å². The molecule has 0 unspecified atom stereocenters. The van der Waals surface area contributed by atoms with Crippen LogP contribution in [0.5, 0.6) is 0 Å². The molecule has 1 N–H and O–H groups in total. The summed E-state index contributed by atoms with van der Waals surface area (Å²) in [6, 6.07) is 0. The lowest BCUT2D eigenvalue weighted by Crippen LogP contribution is -2.49. The van der Waals surface area contributed by atoms with E-state index in [-0.39, 0.29) is 5.54 Å². The summed E-state index contributed by atoms with van der Waals surface area (Å²) in [5.74, 6) is 0.767. The van der Waals surface area contributed by atoms with Crippen LogP contribution in [0.1, 0.15) is 80.1 Å². The summed E-state index contributed by atoms with van der Waals surface area (Å²) in [5.41, 5.74) is 0.725. The highest BCUT2D eigenvalue weighted by atomic mass is 15.1. The molecule has 0 spiro atoms. The maximum atomic E-state index is 3.82. The van der Waals surface area contributed by atoms with E-state index in [0.29, 0.717) is 5.41 Å². The van der Waals surface area contributed by atoms with Crippen LogP contribution in [-0.2, 0) is 0 Å². The third kappa shape index (κ3) is 7.65. The van der Waals surface area contributed by atoms with Crippen LogP contribution >= 0.6 is 0 Å². The molecule has 0 heterocycles. The lowest BCUT2D eigenvalue weighted by Gasteiger charge is -2.40. The number of hydrogen-bond donors (Lipinski definition) is 1. The van der Waals surface area contributed by atoms with Gasteiger partial charge in [-0.1, -0.05) is 46.5 Å². The van der Waals surface area contributed by atoms with E-state index in [1.165, 1.54) is 64.7 Å². The maximum Gasteiger partial charge on any atom is 0.00967 e. The summed E-state index contributed by atoms with van der Waals surface area (Å²) >= 11 is 0. The fraction of sp³-hybridized carbons (Fsp3) is 1.00. The van der Waals surface area contributed by atoms with Crippen molar-refractivity contribution in [1.29, 1.82) is 0 Å². The average Bonchev–Trinajstić information content (AvgIpc) is 2.61. The molecule has 0 bridgehead atoms. The van der Waals surface area contributed by atoms with Gasteiger partial charge in [0.15, 0.2) is 0 Å². The molecular formula is C19H40N2. The van der Waals surface area contributed by atoms with Gasteiger partial charge >= 0.3 is 0 Å². The van der Waals surface area contributed by atoms with Crippen molar-refractivity contribution in [2.24, 2.45) is 11.3 Å². The Morgan fingerprint density at radius 1 is 1.05 bits per heavy atom. The minimum Gasteiger partial charge on any atom is -0.311 e. The zero-order valence-corrected chi connectivity index (χ0v) is 15.6. The van der Waals surface area contributed by atoms with Crippen molar-refractivity contribution in [3.63, 3.8) is 0 Å². The molecule has 1 aliphatic rings. The summed E-state index contributed by atoms with van der Waals surface area (Å²) < 4.78 is 0. The molecule has 1 saturated carbocycles. The SMILES string of the molecule is CCN(CC(C)C)CC1(CNC(C)(C)C)CCCCCC1. The number of hydrogen-bond acceptors (Lipinski definition) is 2. The van der Waals surface area contributed by atoms with Gasteiger partial charge in [0, 0.05) is 25.2 Å². The van der Waals surface area contributed by atoms with E-state index in [1.54, 1.807) is 0 Å². The van der Waals surface area contributed by atoms with Crippen LogP contribution in [0.15, 0.2) is 0 Å². The van der Waals surface area contributed by atoms with Crippen molar-refractivity contribution in [3.05, 3.63) is 0 Å². The third-order valence-electron chi connectivity index (χ3n) is 4.79. The zero-order valence-electron chi connectivity index (χ0n) is 15.6. The molecule has 0 aliphatic heterocycles. The van der Waals surface area contributed by atoms with E-state index < -0.39 is 0 Å². The summed E-state index contributed by atoms with van der Waals surface area (Å²) in [5, 5.41) is 3.82. The van der Waals surface area contributed by atoms with Crippen LogP contribution < -0.4 is 5.32 Å². The predicted molar refractivity (Wildman–Crippen MR) is 94.8 cm³/mol. The summed E-state index contributed by atoms with van der Waals surface area (Å²) in [7, 11) is 0. The molecule has 2 nitrogen and oxygen atoms in total. The molecule has 126 valence electrons. The smallest absolute Gasteiger partial charge is 0.00967 e. The fourth-order valence-corrected chi connectivity index (χ4v) is 3.62. The van der Waals surface area contributed by atoms with Gasteiger partial charge in [0.1, 0.15) is 0 Å². The van der Waals surface area contributed by atoms with Gasteiger partial charge in [-0.2, -0.15) is 0 Å². The van der Waals surface area contributed by atoms with Gasteiger partial charge in [-0.15, -0.1) is 0 Å². The second-order valence-electron chi connectivity index (χ2n) is 8.74. The Bertz CT molecular complexity index is 270. The molecule has 1 fully saturated rings. The quantitative estimate of drug-likeness (QED) is 0.685. The predicted octanol–water partition coefficient (Wildman–Crippen LogP) is 4.69. The minimum atomic E-state index is 0.231. The Morgan fingerprint density at radius 3 is 2.05 bits per heavy atom. The highest BCUT2D eigenvalue weighted by molar-refractivity contribution is 4.89. The first kappa shape index (κ1) is 19.0. The molecule has 0 atom stereocenters. The van der Waals surface area contributed by atoms with Crippen LogP contribution in [-0.4, -0.2) is 36.6 Å². The number of nitrogens with one attached hydrogen (secondary N) is 1. The van der Waals surface area contributed by atoms with Gasteiger partial charge in [-0.25, -0.2) is 0 Å². The van der Waals surface area contributed by atoms with Crippen LogP contribution in [0.4, 0.5) is 0 Å². The highest BCUT2D eigenvalue weighted by Crippen LogP contribution is 2.36. The second-order valence-corrected chi connectivity index (χ2v) is 8.74. The van der Waals surface area contributed by atoms with Crippen molar-refractivity contribution in [3.8, 4) is 0 Å². The summed E-state index contributed by atoms with van der Waals surface area (Å²) in [6.07, 6.45) is 8.53. The third-order valence-corrected chi connectivity index (χ3v) is 4.79. The van der Waals surface area contributed by atoms with Crippen LogP contribution in [0.25, 0.3) is 0 Å². The first-order valence-electron chi connectivity index (χ1n) is 9.24. The fourth-order valence-electron chi connectivity index (χ4n) is 3.62. The molecular weight excluding hydrogens is 256 g/mol. The first-order valence-corrected chi connectivity index (χ1v) is 9.24. The molecule has 0 radical (unpaired) electrons. The lowest BCUT2D eigenvalue weighted by atomic mass is 9.79. The molecule has 0 amide bonds. The van der Waals surface area contributed by atoms with Gasteiger partial charge in [0.2, 0.25) is 0 Å². The van der Waals surface area contributed by atoms with E-state index in [0.717, 1.165) is 5.92 Å². The molecule has 1 rings (SSSR count). The van der Waals surface area contributed by atoms with E-state index >= 15 is 0 Å². The topological polar surface area (TPSA) is 15.3 Å². The highest BCUT2D eigenvalue weighted by Gasteiger charge is 2.33. The van der Waals surface area contributed by atoms with Crippen molar-refractivity contribution >= 4 is 0 Å².